The zero-order valence-electron chi connectivity index (χ0n) is 13.7. The summed E-state index contributed by atoms with van der Waals surface area (Å²) in [7, 11) is 2.25. The van der Waals surface area contributed by atoms with E-state index in [9.17, 15) is 0 Å². The monoisotopic (exact) mass is 392 g/mol. The van der Waals surface area contributed by atoms with Crippen LogP contribution in [0.4, 0.5) is 0 Å². The van der Waals surface area contributed by atoms with Crippen LogP contribution in [0.3, 0.4) is 0 Å². The van der Waals surface area contributed by atoms with Gasteiger partial charge in [0.15, 0.2) is 0 Å². The van der Waals surface area contributed by atoms with E-state index in [4.69, 9.17) is 0 Å². The Kier molecular flexibility index (Phi) is 6.29. The van der Waals surface area contributed by atoms with Crippen molar-refractivity contribution < 1.29 is 0 Å². The maximum absolute atomic E-state index is 3.56. The second-order valence-electron chi connectivity index (χ2n) is 6.61. The zero-order valence-corrected chi connectivity index (χ0v) is 16.2. The van der Waals surface area contributed by atoms with Crippen molar-refractivity contribution in [3.05, 3.63) is 56.7 Å². The average molecular weight is 393 g/mol. The van der Waals surface area contributed by atoms with Gasteiger partial charge in [0.1, 0.15) is 0 Å². The number of benzene rings is 1. The molecule has 124 valence electrons. The van der Waals surface area contributed by atoms with Crippen LogP contribution in [0.1, 0.15) is 23.3 Å². The molecule has 0 bridgehead atoms. The molecule has 0 atom stereocenters. The standard InChI is InChI=1S/C19H25BrN2S/c1-21(13-16-5-3-2-4-6-16)14-17-9-11-22(12-10-17)15-18-7-8-19(20)23-18/h2-8,17H,9-15H2,1H3. The van der Waals surface area contributed by atoms with E-state index in [2.05, 4.69) is 75.2 Å². The smallest absolute Gasteiger partial charge is 0.0701 e. The van der Waals surface area contributed by atoms with Gasteiger partial charge in [-0.15, -0.1) is 11.3 Å². The van der Waals surface area contributed by atoms with Crippen molar-refractivity contribution in [1.82, 2.24) is 9.80 Å². The Morgan fingerprint density at radius 3 is 2.52 bits per heavy atom. The van der Waals surface area contributed by atoms with Gasteiger partial charge < -0.3 is 4.90 Å². The van der Waals surface area contributed by atoms with Gasteiger partial charge in [-0.3, -0.25) is 4.90 Å². The Balaban J connectivity index is 1.40. The lowest BCUT2D eigenvalue weighted by molar-refractivity contribution is 0.148. The highest BCUT2D eigenvalue weighted by atomic mass is 79.9. The van der Waals surface area contributed by atoms with Crippen molar-refractivity contribution in [1.29, 1.82) is 0 Å². The Hall–Kier alpha value is -0.680. The highest BCUT2D eigenvalue weighted by molar-refractivity contribution is 9.11. The fraction of sp³-hybridized carbons (Fsp3) is 0.474. The van der Waals surface area contributed by atoms with Gasteiger partial charge in [-0.2, -0.15) is 0 Å². The van der Waals surface area contributed by atoms with E-state index in [-0.39, 0.29) is 0 Å². The van der Waals surface area contributed by atoms with Gasteiger partial charge >= 0.3 is 0 Å². The van der Waals surface area contributed by atoms with E-state index in [1.807, 2.05) is 11.3 Å². The lowest BCUT2D eigenvalue weighted by Crippen LogP contribution is -2.37. The molecular formula is C19H25BrN2S. The molecule has 2 aromatic rings. The summed E-state index contributed by atoms with van der Waals surface area (Å²) in [4.78, 5) is 6.55. The summed E-state index contributed by atoms with van der Waals surface area (Å²) >= 11 is 5.42. The molecule has 0 radical (unpaired) electrons. The van der Waals surface area contributed by atoms with Crippen molar-refractivity contribution in [3.8, 4) is 0 Å². The van der Waals surface area contributed by atoms with Crippen LogP contribution in [0.2, 0.25) is 0 Å². The summed E-state index contributed by atoms with van der Waals surface area (Å²) in [5.74, 6) is 0.843. The molecule has 2 heterocycles. The number of likely N-dealkylation sites (tertiary alicyclic amines) is 1. The molecule has 1 fully saturated rings. The molecule has 1 saturated heterocycles. The number of hydrogen-bond acceptors (Lipinski definition) is 3. The number of piperidine rings is 1. The molecule has 4 heteroatoms. The minimum absolute atomic E-state index is 0.843. The second kappa shape index (κ2) is 8.43. The van der Waals surface area contributed by atoms with Crippen LogP contribution in [-0.4, -0.2) is 36.5 Å². The van der Waals surface area contributed by atoms with Crippen molar-refractivity contribution >= 4 is 27.3 Å². The molecule has 1 aliphatic heterocycles. The predicted octanol–water partition coefficient (Wildman–Crippen LogP) is 4.85. The first-order valence-corrected chi connectivity index (χ1v) is 9.99. The molecule has 0 unspecified atom stereocenters. The third-order valence-corrected chi connectivity index (χ3v) is 6.19. The van der Waals surface area contributed by atoms with E-state index in [0.29, 0.717) is 0 Å². The third kappa shape index (κ3) is 5.42. The summed E-state index contributed by atoms with van der Waals surface area (Å²) < 4.78 is 1.24. The number of halogens is 1. The first-order valence-electron chi connectivity index (χ1n) is 8.38. The van der Waals surface area contributed by atoms with Gasteiger partial charge in [-0.25, -0.2) is 0 Å². The van der Waals surface area contributed by atoms with Crippen molar-refractivity contribution in [3.63, 3.8) is 0 Å². The molecule has 1 aliphatic rings. The lowest BCUT2D eigenvalue weighted by atomic mass is 9.96. The molecule has 0 amide bonds. The van der Waals surface area contributed by atoms with E-state index in [0.717, 1.165) is 19.0 Å². The molecule has 0 aliphatic carbocycles. The van der Waals surface area contributed by atoms with Crippen LogP contribution in [0, 0.1) is 5.92 Å². The van der Waals surface area contributed by atoms with E-state index < -0.39 is 0 Å². The van der Waals surface area contributed by atoms with Crippen molar-refractivity contribution in [2.24, 2.45) is 5.92 Å². The van der Waals surface area contributed by atoms with Crippen LogP contribution in [0.25, 0.3) is 0 Å². The Labute approximate surface area is 152 Å². The van der Waals surface area contributed by atoms with Crippen molar-refractivity contribution in [2.75, 3.05) is 26.7 Å². The molecule has 0 spiro atoms. The number of thiophene rings is 1. The molecule has 23 heavy (non-hydrogen) atoms. The molecular weight excluding hydrogens is 368 g/mol. The highest BCUT2D eigenvalue weighted by Gasteiger charge is 2.20. The predicted molar refractivity (Wildman–Crippen MR) is 103 cm³/mol. The Morgan fingerprint density at radius 2 is 1.87 bits per heavy atom. The van der Waals surface area contributed by atoms with Crippen LogP contribution in [-0.2, 0) is 13.1 Å². The summed E-state index contributed by atoms with van der Waals surface area (Å²) in [6.45, 7) is 5.86. The van der Waals surface area contributed by atoms with E-state index >= 15 is 0 Å². The molecule has 1 aromatic heterocycles. The van der Waals surface area contributed by atoms with Crippen LogP contribution in [0.5, 0.6) is 0 Å². The summed E-state index contributed by atoms with van der Waals surface area (Å²) in [5.41, 5.74) is 1.41. The summed E-state index contributed by atoms with van der Waals surface area (Å²) in [6.07, 6.45) is 2.65. The van der Waals surface area contributed by atoms with Crippen LogP contribution < -0.4 is 0 Å². The molecule has 2 nitrogen and oxygen atoms in total. The molecule has 0 N–H and O–H groups in total. The quantitative estimate of drug-likeness (QED) is 0.692. The molecule has 0 saturated carbocycles. The lowest BCUT2D eigenvalue weighted by Gasteiger charge is -2.33. The Bertz CT molecular complexity index is 590. The van der Waals surface area contributed by atoms with Crippen LogP contribution in [0.15, 0.2) is 46.3 Å². The van der Waals surface area contributed by atoms with E-state index in [1.165, 1.54) is 46.7 Å². The average Bonchev–Trinajstić information content (AvgIpc) is 2.95. The minimum Gasteiger partial charge on any atom is -0.302 e. The van der Waals surface area contributed by atoms with Crippen molar-refractivity contribution in [2.45, 2.75) is 25.9 Å². The minimum atomic E-state index is 0.843. The second-order valence-corrected chi connectivity index (χ2v) is 9.16. The van der Waals surface area contributed by atoms with E-state index in [1.54, 1.807) is 0 Å². The first-order chi connectivity index (χ1) is 11.2. The molecule has 3 rings (SSSR count). The SMILES string of the molecule is CN(Cc1ccccc1)CC1CCN(Cc2ccc(Br)s2)CC1. The fourth-order valence-electron chi connectivity index (χ4n) is 3.38. The van der Waals surface area contributed by atoms with Gasteiger partial charge in [-0.05, 0) is 72.5 Å². The normalized spacial score (nSPS) is 17.0. The Morgan fingerprint density at radius 1 is 1.13 bits per heavy atom. The number of nitrogens with zero attached hydrogens (tertiary/aromatic N) is 2. The first kappa shape index (κ1) is 17.2. The number of rotatable bonds is 6. The van der Waals surface area contributed by atoms with Gasteiger partial charge in [0, 0.05) is 24.5 Å². The van der Waals surface area contributed by atoms with Gasteiger partial charge in [0.05, 0.1) is 3.79 Å². The van der Waals surface area contributed by atoms with Crippen LogP contribution >= 0.6 is 27.3 Å². The zero-order chi connectivity index (χ0) is 16.1. The fourth-order valence-corrected chi connectivity index (χ4v) is 4.91. The van der Waals surface area contributed by atoms with Gasteiger partial charge in [0.2, 0.25) is 0 Å². The number of hydrogen-bond donors (Lipinski definition) is 0. The third-order valence-electron chi connectivity index (χ3n) is 4.58. The summed E-state index contributed by atoms with van der Waals surface area (Å²) in [6, 6.07) is 15.2. The maximum atomic E-state index is 3.56. The topological polar surface area (TPSA) is 6.48 Å². The highest BCUT2D eigenvalue weighted by Crippen LogP contribution is 2.25. The van der Waals surface area contributed by atoms with Gasteiger partial charge in [0.25, 0.3) is 0 Å². The van der Waals surface area contributed by atoms with Gasteiger partial charge in [-0.1, -0.05) is 30.3 Å². The summed E-state index contributed by atoms with van der Waals surface area (Å²) in [5, 5.41) is 0. The molecule has 1 aromatic carbocycles. The maximum Gasteiger partial charge on any atom is 0.0701 e. The largest absolute Gasteiger partial charge is 0.302 e.